The normalized spacial score (nSPS) is 32.9. The van der Waals surface area contributed by atoms with E-state index in [4.69, 9.17) is 9.84 Å². The van der Waals surface area contributed by atoms with Crippen LogP contribution in [-0.2, 0) is 8.47 Å². The number of alkyl halides is 1. The Kier molecular flexibility index (Phi) is 3.40. The van der Waals surface area contributed by atoms with E-state index in [0.717, 1.165) is 0 Å². The van der Waals surface area contributed by atoms with Crippen LogP contribution in [-0.4, -0.2) is 59.8 Å². The third-order valence-corrected chi connectivity index (χ3v) is 4.75. The molecule has 0 spiro atoms. The fourth-order valence-corrected chi connectivity index (χ4v) is 3.34. The molecule has 1 aliphatic rings. The van der Waals surface area contributed by atoms with Gasteiger partial charge in [0.2, 0.25) is 3.73 Å². The van der Waals surface area contributed by atoms with Crippen molar-refractivity contribution in [3.63, 3.8) is 0 Å². The molecule has 1 aliphatic heterocycles. The van der Waals surface area contributed by atoms with Gasteiger partial charge in [-0.1, -0.05) is 0 Å². The van der Waals surface area contributed by atoms with E-state index in [1.165, 1.54) is 10.9 Å². The van der Waals surface area contributed by atoms with Gasteiger partial charge in [-0.15, -0.1) is 0 Å². The van der Waals surface area contributed by atoms with Gasteiger partial charge < -0.3 is 20.1 Å². The molecule has 10 nitrogen and oxygen atoms in total. The summed E-state index contributed by atoms with van der Waals surface area (Å²) in [6, 6.07) is 0. The number of hydrogen-bond donors (Lipinski definition) is 5. The molecule has 0 aliphatic carbocycles. The second kappa shape index (κ2) is 4.88. The van der Waals surface area contributed by atoms with Crippen molar-refractivity contribution in [3.05, 3.63) is 27.2 Å². The maximum atomic E-state index is 11.7. The van der Waals surface area contributed by atoms with Crippen LogP contribution in [0.2, 0.25) is 0 Å². The number of hydrogen-bond acceptors (Lipinski definition) is 7. The third kappa shape index (κ3) is 2.03. The highest BCUT2D eigenvalue weighted by atomic mass is 127. The van der Waals surface area contributed by atoms with Gasteiger partial charge in [-0.25, -0.2) is 9.78 Å². The van der Waals surface area contributed by atoms with Crippen LogP contribution >= 0.6 is 22.6 Å². The maximum Gasteiger partial charge on any atom is 0.327 e. The van der Waals surface area contributed by atoms with Crippen molar-refractivity contribution in [2.75, 3.05) is 6.61 Å². The minimum absolute atomic E-state index is 0.0385. The lowest BCUT2D eigenvalue weighted by Crippen LogP contribution is -2.41. The summed E-state index contributed by atoms with van der Waals surface area (Å²) in [5, 5.41) is 29.2. The number of imidazole rings is 1. The average molecular weight is 410 g/mol. The van der Waals surface area contributed by atoms with Crippen molar-refractivity contribution >= 4 is 33.8 Å². The highest BCUT2D eigenvalue weighted by Gasteiger charge is 2.54. The lowest BCUT2D eigenvalue weighted by molar-refractivity contribution is -0.0646. The fourth-order valence-electron chi connectivity index (χ4n) is 2.28. The van der Waals surface area contributed by atoms with Crippen LogP contribution in [0.4, 0.5) is 0 Å². The van der Waals surface area contributed by atoms with E-state index in [2.05, 4.69) is 9.97 Å². The van der Waals surface area contributed by atoms with Gasteiger partial charge in [-0.05, 0) is 22.6 Å². The summed E-state index contributed by atoms with van der Waals surface area (Å²) in [4.78, 5) is 31.3. The molecule has 1 fully saturated rings. The molecule has 0 unspecified atom stereocenters. The van der Waals surface area contributed by atoms with Crippen LogP contribution < -0.4 is 11.2 Å². The van der Waals surface area contributed by atoms with Gasteiger partial charge in [-0.3, -0.25) is 19.3 Å². The fraction of sp³-hybridized carbons (Fsp3) is 0.500. The third-order valence-electron chi connectivity index (χ3n) is 3.34. The molecule has 4 atom stereocenters. The minimum Gasteiger partial charge on any atom is -0.394 e. The number of aliphatic hydroxyl groups excluding tert-OH is 3. The molecule has 0 aromatic carbocycles. The summed E-state index contributed by atoms with van der Waals surface area (Å²) in [5.74, 6) is 0. The summed E-state index contributed by atoms with van der Waals surface area (Å²) in [7, 11) is 0. The Morgan fingerprint density at radius 1 is 1.43 bits per heavy atom. The van der Waals surface area contributed by atoms with E-state index in [1.54, 1.807) is 22.6 Å². The molecule has 3 rings (SSSR count). The van der Waals surface area contributed by atoms with Crippen LogP contribution in [0.15, 0.2) is 15.9 Å². The highest BCUT2D eigenvalue weighted by molar-refractivity contribution is 14.1. The summed E-state index contributed by atoms with van der Waals surface area (Å²) < 4.78 is 5.20. The van der Waals surface area contributed by atoms with Crippen LogP contribution in [0.5, 0.6) is 0 Å². The van der Waals surface area contributed by atoms with Gasteiger partial charge in [0.25, 0.3) is 5.56 Å². The zero-order valence-corrected chi connectivity index (χ0v) is 12.5. The number of aromatic amines is 2. The average Bonchev–Trinajstić information content (AvgIpc) is 2.95. The molecule has 11 heteroatoms. The molecular weight excluding hydrogens is 399 g/mol. The van der Waals surface area contributed by atoms with Gasteiger partial charge >= 0.3 is 5.69 Å². The van der Waals surface area contributed by atoms with Crippen molar-refractivity contribution < 1.29 is 20.1 Å². The molecule has 0 radical (unpaired) electrons. The van der Waals surface area contributed by atoms with Gasteiger partial charge in [0, 0.05) is 0 Å². The number of fused-ring (bicyclic) bond motifs is 1. The van der Waals surface area contributed by atoms with E-state index < -0.39 is 39.9 Å². The standard InChI is InChI=1S/C10H11IN4O6/c11-10(6(18)5(17)3(1-16)21-10)15-2-12-4-7(15)13-9(20)14-8(4)19/h2-3,5-6,16-18H,1H2,(H2,13,14,19,20)/t3-,5-,6-,10+/m1/s1. The quantitative estimate of drug-likeness (QED) is 0.273. The van der Waals surface area contributed by atoms with Crippen LogP contribution in [0.25, 0.3) is 11.2 Å². The predicted octanol–water partition coefficient (Wildman–Crippen LogP) is -2.43. The molecule has 21 heavy (non-hydrogen) atoms. The molecule has 114 valence electrons. The van der Waals surface area contributed by atoms with Crippen molar-refractivity contribution in [3.8, 4) is 0 Å². The SMILES string of the molecule is O=c1[nH]c(=O)c2ncn([C@]3(I)O[C@H](CO)[C@@H](O)[C@H]3O)c2[nH]1. The number of rotatable bonds is 2. The minimum atomic E-state index is -1.52. The molecule has 0 amide bonds. The van der Waals surface area contributed by atoms with E-state index in [-0.39, 0.29) is 11.2 Å². The summed E-state index contributed by atoms with van der Waals surface area (Å²) in [5.41, 5.74) is -1.41. The van der Waals surface area contributed by atoms with Crippen LogP contribution in [0.1, 0.15) is 0 Å². The van der Waals surface area contributed by atoms with E-state index in [0.29, 0.717) is 0 Å². The summed E-state index contributed by atoms with van der Waals surface area (Å²) in [6.45, 7) is -0.493. The second-order valence-corrected chi connectivity index (χ2v) is 6.15. The summed E-state index contributed by atoms with van der Waals surface area (Å²) in [6.07, 6.45) is -2.51. The maximum absolute atomic E-state index is 11.7. The molecular formula is C10H11IN4O6. The molecule has 2 aromatic rings. The molecule has 0 bridgehead atoms. The largest absolute Gasteiger partial charge is 0.394 e. The highest BCUT2D eigenvalue weighted by Crippen LogP contribution is 2.42. The van der Waals surface area contributed by atoms with Gasteiger partial charge in [0.1, 0.15) is 24.6 Å². The van der Waals surface area contributed by atoms with Gasteiger partial charge in [-0.2, -0.15) is 0 Å². The van der Waals surface area contributed by atoms with E-state index in [1.807, 2.05) is 4.98 Å². The molecule has 2 aromatic heterocycles. The number of aliphatic hydroxyl groups is 3. The number of nitrogens with zero attached hydrogens (tertiary/aromatic N) is 2. The Morgan fingerprint density at radius 3 is 2.76 bits per heavy atom. The Balaban J connectivity index is 2.21. The topological polar surface area (TPSA) is 153 Å². The van der Waals surface area contributed by atoms with Gasteiger partial charge in [0.15, 0.2) is 11.2 Å². The summed E-state index contributed by atoms with van der Waals surface area (Å²) >= 11 is 1.72. The van der Waals surface area contributed by atoms with E-state index >= 15 is 0 Å². The van der Waals surface area contributed by atoms with Crippen molar-refractivity contribution in [1.82, 2.24) is 19.5 Å². The Bertz CT molecular complexity index is 799. The van der Waals surface area contributed by atoms with Crippen LogP contribution in [0.3, 0.4) is 0 Å². The first kappa shape index (κ1) is 14.6. The Labute approximate surface area is 129 Å². The molecule has 0 saturated carbocycles. The number of aromatic nitrogens is 4. The monoisotopic (exact) mass is 410 g/mol. The smallest absolute Gasteiger partial charge is 0.327 e. The van der Waals surface area contributed by atoms with E-state index in [9.17, 15) is 19.8 Å². The predicted molar refractivity (Wildman–Crippen MR) is 76.9 cm³/mol. The molecule has 3 heterocycles. The van der Waals surface area contributed by atoms with Crippen molar-refractivity contribution in [2.24, 2.45) is 0 Å². The zero-order valence-electron chi connectivity index (χ0n) is 10.4. The van der Waals surface area contributed by atoms with Gasteiger partial charge in [0.05, 0.1) is 6.61 Å². The molecule has 1 saturated heterocycles. The number of nitrogens with one attached hydrogen (secondary N) is 2. The lowest BCUT2D eigenvalue weighted by atomic mass is 10.1. The molecule has 5 N–H and O–H groups in total. The van der Waals surface area contributed by atoms with Crippen LogP contribution in [0, 0.1) is 0 Å². The first-order valence-corrected chi connectivity index (χ1v) is 7.00. The Morgan fingerprint density at radius 2 is 2.14 bits per heavy atom. The first-order valence-electron chi connectivity index (χ1n) is 5.92. The zero-order chi connectivity index (χ0) is 15.4. The number of ether oxygens (including phenoxy) is 1. The number of halogens is 1. The second-order valence-electron chi connectivity index (χ2n) is 4.60. The number of H-pyrrole nitrogens is 2. The lowest BCUT2D eigenvalue weighted by Gasteiger charge is -2.27. The van der Waals surface area contributed by atoms with Crippen molar-refractivity contribution in [1.29, 1.82) is 0 Å². The Hall–Kier alpha value is -1.28. The first-order chi connectivity index (χ1) is 9.88. The van der Waals surface area contributed by atoms with Crippen molar-refractivity contribution in [2.45, 2.75) is 22.0 Å².